The van der Waals surface area contributed by atoms with Gasteiger partial charge in [0, 0.05) is 6.54 Å². The van der Waals surface area contributed by atoms with E-state index in [9.17, 15) is 0 Å². The van der Waals surface area contributed by atoms with Gasteiger partial charge in [0.25, 0.3) is 0 Å². The van der Waals surface area contributed by atoms with Gasteiger partial charge in [-0.1, -0.05) is 13.3 Å². The fourth-order valence-electron chi connectivity index (χ4n) is 1.78. The van der Waals surface area contributed by atoms with Gasteiger partial charge in [-0.3, -0.25) is 47.0 Å². The topological polar surface area (TPSA) is 200 Å². The lowest BCUT2D eigenvalue weighted by atomic mass is 10.3. The van der Waals surface area contributed by atoms with Gasteiger partial charge in [-0.2, -0.15) is 13.5 Å². The van der Waals surface area contributed by atoms with Crippen LogP contribution in [0.15, 0.2) is 18.3 Å². The minimum absolute atomic E-state index is 0.537. The van der Waals surface area contributed by atoms with Crippen LogP contribution in [0.2, 0.25) is 0 Å². The highest BCUT2D eigenvalue weighted by atomic mass is 31.3. The van der Waals surface area contributed by atoms with Crippen molar-refractivity contribution < 1.29 is 0 Å². The summed E-state index contributed by atoms with van der Waals surface area (Å²) in [5.41, 5.74) is 18.8. The van der Waals surface area contributed by atoms with Crippen molar-refractivity contribution in [3.05, 3.63) is 0 Å². The van der Waals surface area contributed by atoms with E-state index in [2.05, 4.69) is 42.0 Å². The van der Waals surface area contributed by atoms with Crippen molar-refractivity contribution in [2.75, 3.05) is 48.8 Å². The lowest BCUT2D eigenvalue weighted by Crippen LogP contribution is -2.26. The second-order valence-corrected chi connectivity index (χ2v) is 15.7. The summed E-state index contributed by atoms with van der Waals surface area (Å²) in [6, 6.07) is 0. The monoisotopic (exact) mass is 465 g/mol. The summed E-state index contributed by atoms with van der Waals surface area (Å²) in [7, 11) is -0.382. The molecule has 1 unspecified atom stereocenters. The van der Waals surface area contributed by atoms with Crippen molar-refractivity contribution in [2.24, 2.45) is 34.8 Å². The first-order chi connectivity index (χ1) is 12.5. The predicted octanol–water partition coefficient (Wildman–Crippen LogP) is 1.76. The first kappa shape index (κ1) is 27.6. The number of hydrogen-bond acceptors (Lipinski definition) is 1. The van der Waals surface area contributed by atoms with Gasteiger partial charge in [0.1, 0.15) is 0 Å². The van der Waals surface area contributed by atoms with E-state index in [1.54, 1.807) is 42.3 Å². The number of nitrogens with two attached hydrogens (primary N) is 3. The van der Waals surface area contributed by atoms with E-state index in [4.69, 9.17) is 30.3 Å². The summed E-state index contributed by atoms with van der Waals surface area (Å²) in [6.45, 7) is 2.63. The quantitative estimate of drug-likeness (QED) is 0.152. The molecule has 0 aromatic carbocycles. The summed E-state index contributed by atoms with van der Waals surface area (Å²) in [5.74, 6) is 0. The first-order valence-corrected chi connectivity index (χ1v) is 15.6. The Morgan fingerprint density at radius 2 is 1.22 bits per heavy atom. The maximum absolute atomic E-state index is 6.42. The molecule has 0 fully saturated rings. The third-order valence-corrected chi connectivity index (χ3v) is 14.5. The fourth-order valence-corrected chi connectivity index (χ4v) is 11.9. The number of hydrogen-bond donors (Lipinski definition) is 9. The zero-order chi connectivity index (χ0) is 21.2. The highest BCUT2D eigenvalue weighted by molar-refractivity contribution is 7.80. The SMILES string of the molecule is CCCCN=P(N=P(N)(N)NC)(N=P(N)(NC)NC)N=P(NC)(NC)NC. The van der Waals surface area contributed by atoms with Crippen molar-refractivity contribution >= 4 is 30.0 Å². The molecule has 0 aromatic heterocycles. The Kier molecular flexibility index (Phi) is 12.6. The van der Waals surface area contributed by atoms with Gasteiger partial charge in [-0.25, -0.2) is 4.74 Å². The highest BCUT2D eigenvalue weighted by Gasteiger charge is 2.28. The third-order valence-electron chi connectivity index (χ3n) is 3.60. The van der Waals surface area contributed by atoms with Crippen LogP contribution in [0.1, 0.15) is 19.8 Å². The van der Waals surface area contributed by atoms with Gasteiger partial charge >= 0.3 is 7.51 Å². The number of nitrogens with zero attached hydrogens (tertiary/aromatic N) is 4. The number of rotatable bonds is 12. The van der Waals surface area contributed by atoms with Gasteiger partial charge in [0.2, 0.25) is 0 Å². The molecule has 27 heavy (non-hydrogen) atoms. The summed E-state index contributed by atoms with van der Waals surface area (Å²) >= 11 is 0. The molecule has 0 amide bonds. The summed E-state index contributed by atoms with van der Waals surface area (Å²) in [6.07, 6.45) is 1.86. The normalized spacial score (nSPS) is 15.2. The van der Waals surface area contributed by atoms with Gasteiger partial charge < -0.3 is 0 Å². The maximum Gasteiger partial charge on any atom is 0.306 e. The van der Waals surface area contributed by atoms with Crippen LogP contribution in [-0.2, 0) is 0 Å². The molecular formula is C10H39N13P4. The van der Waals surface area contributed by atoms with Crippen LogP contribution in [0.5, 0.6) is 0 Å². The van der Waals surface area contributed by atoms with E-state index in [1.807, 2.05) is 0 Å². The molecule has 12 N–H and O–H groups in total. The Morgan fingerprint density at radius 1 is 0.704 bits per heavy atom. The van der Waals surface area contributed by atoms with Crippen molar-refractivity contribution in [1.29, 1.82) is 0 Å². The Bertz CT molecular complexity index is 639. The maximum atomic E-state index is 6.42. The summed E-state index contributed by atoms with van der Waals surface area (Å²) in [4.78, 5) is 0. The minimum Gasteiger partial charge on any atom is -0.273 e. The zero-order valence-electron chi connectivity index (χ0n) is 17.4. The van der Waals surface area contributed by atoms with Crippen LogP contribution in [0.4, 0.5) is 0 Å². The van der Waals surface area contributed by atoms with E-state index in [1.165, 1.54) is 0 Å². The second-order valence-electron chi connectivity index (χ2n) is 5.42. The predicted molar refractivity (Wildman–Crippen MR) is 124 cm³/mol. The molecule has 0 aliphatic rings. The van der Waals surface area contributed by atoms with Crippen LogP contribution in [0.25, 0.3) is 0 Å². The minimum atomic E-state index is -3.09. The van der Waals surface area contributed by atoms with Crippen LogP contribution >= 0.6 is 30.0 Å². The average molecular weight is 465 g/mol. The molecular weight excluding hydrogens is 426 g/mol. The Hall–Kier alpha value is 0.560. The first-order valence-electron chi connectivity index (χ1n) is 8.54. The Morgan fingerprint density at radius 3 is 1.59 bits per heavy atom. The molecule has 0 aliphatic carbocycles. The molecule has 0 spiro atoms. The molecule has 0 aliphatic heterocycles. The molecule has 0 saturated carbocycles. The van der Waals surface area contributed by atoms with Gasteiger partial charge in [0.15, 0.2) is 22.5 Å². The van der Waals surface area contributed by atoms with Crippen molar-refractivity contribution in [3.8, 4) is 0 Å². The van der Waals surface area contributed by atoms with E-state index in [0.29, 0.717) is 6.54 Å². The van der Waals surface area contributed by atoms with E-state index >= 15 is 0 Å². The number of nitrogens with one attached hydrogen (secondary N) is 6. The van der Waals surface area contributed by atoms with Crippen molar-refractivity contribution in [2.45, 2.75) is 19.8 Å². The molecule has 164 valence electrons. The van der Waals surface area contributed by atoms with E-state index in [0.717, 1.165) is 12.8 Å². The molecule has 0 heterocycles. The highest BCUT2D eigenvalue weighted by Crippen LogP contribution is 2.68. The molecule has 0 aromatic rings. The lowest BCUT2D eigenvalue weighted by molar-refractivity contribution is 0.811. The molecule has 0 saturated heterocycles. The molecule has 0 radical (unpaired) electrons. The van der Waals surface area contributed by atoms with E-state index < -0.39 is 30.0 Å². The van der Waals surface area contributed by atoms with Crippen molar-refractivity contribution in [3.63, 3.8) is 0 Å². The molecule has 13 nitrogen and oxygen atoms in total. The average Bonchev–Trinajstić information content (AvgIpc) is 2.66. The van der Waals surface area contributed by atoms with E-state index in [-0.39, 0.29) is 0 Å². The molecule has 17 heteroatoms. The van der Waals surface area contributed by atoms with Gasteiger partial charge in [-0.05, 0) is 48.7 Å². The van der Waals surface area contributed by atoms with Crippen molar-refractivity contribution in [1.82, 2.24) is 30.5 Å². The Labute approximate surface area is 164 Å². The van der Waals surface area contributed by atoms with Crippen LogP contribution in [0, 0.1) is 0 Å². The molecule has 1 atom stereocenters. The fraction of sp³-hybridized carbons (Fsp3) is 1.00. The van der Waals surface area contributed by atoms with Gasteiger partial charge in [0.05, 0.1) is 0 Å². The zero-order valence-corrected chi connectivity index (χ0v) is 21.0. The number of unbranched alkanes of at least 4 members (excludes halogenated alkanes) is 1. The molecule has 0 bridgehead atoms. The third kappa shape index (κ3) is 8.84. The largest absolute Gasteiger partial charge is 0.306 e. The second kappa shape index (κ2) is 12.3. The summed E-state index contributed by atoms with van der Waals surface area (Å²) < 4.78 is 19.3. The summed E-state index contributed by atoms with van der Waals surface area (Å²) in [5, 5.41) is 18.5. The lowest BCUT2D eigenvalue weighted by Gasteiger charge is -2.28. The van der Waals surface area contributed by atoms with Gasteiger partial charge in [-0.15, -0.1) is 0 Å². The standard InChI is InChI=1S/C10H39N13P4/c1-8-9-10-20-27(21-24(11,12)14-2,22-25(13,15-3)16-4)23-26(17-5,18-6)19-7/h14-19H,8-13H2,1-7H3. The smallest absolute Gasteiger partial charge is 0.273 e. The van der Waals surface area contributed by atoms with Crippen LogP contribution in [-0.4, -0.2) is 48.8 Å². The van der Waals surface area contributed by atoms with Crippen LogP contribution < -0.4 is 47.0 Å². The Balaban J connectivity index is 7.23. The molecule has 0 rings (SSSR count). The van der Waals surface area contributed by atoms with Crippen LogP contribution in [0.3, 0.4) is 0 Å².